The van der Waals surface area contributed by atoms with Gasteiger partial charge in [-0.3, -0.25) is 0 Å². The van der Waals surface area contributed by atoms with E-state index in [-0.39, 0.29) is 11.7 Å². The Labute approximate surface area is 80.5 Å². The maximum absolute atomic E-state index is 12.7. The zero-order valence-corrected chi connectivity index (χ0v) is 7.88. The fourth-order valence-corrected chi connectivity index (χ4v) is 0.954. The molecule has 14 heavy (non-hydrogen) atoms. The highest BCUT2D eigenvalue weighted by atomic mass is 19.1. The van der Waals surface area contributed by atoms with Gasteiger partial charge in [-0.05, 0) is 26.0 Å². The standard InChI is InChI=1S/C10H10F2O2/c1-6(2)14-10(13)7-3-8(11)5-9(12)4-7/h3-6H,1-2H3. The van der Waals surface area contributed by atoms with Crippen LogP contribution in [-0.4, -0.2) is 12.1 Å². The third kappa shape index (κ3) is 2.80. The highest BCUT2D eigenvalue weighted by molar-refractivity contribution is 5.89. The van der Waals surface area contributed by atoms with Crippen molar-refractivity contribution in [3.05, 3.63) is 35.4 Å². The SMILES string of the molecule is CC(C)OC(=O)c1cc(F)cc(F)c1. The number of hydrogen-bond donors (Lipinski definition) is 0. The molecule has 0 aromatic heterocycles. The number of ether oxygens (including phenoxy) is 1. The van der Waals surface area contributed by atoms with Gasteiger partial charge >= 0.3 is 5.97 Å². The largest absolute Gasteiger partial charge is 0.459 e. The molecule has 1 rings (SSSR count). The Morgan fingerprint density at radius 2 is 1.71 bits per heavy atom. The van der Waals surface area contributed by atoms with Crippen LogP contribution in [0.15, 0.2) is 18.2 Å². The number of benzene rings is 1. The summed E-state index contributed by atoms with van der Waals surface area (Å²) in [5.41, 5.74) is -0.115. The molecule has 0 spiro atoms. The highest BCUT2D eigenvalue weighted by Crippen LogP contribution is 2.10. The van der Waals surface area contributed by atoms with Crippen LogP contribution in [0.1, 0.15) is 24.2 Å². The second-order valence-electron chi connectivity index (χ2n) is 3.11. The number of rotatable bonds is 2. The van der Waals surface area contributed by atoms with Crippen molar-refractivity contribution in [1.29, 1.82) is 0 Å². The van der Waals surface area contributed by atoms with Gasteiger partial charge in [0.25, 0.3) is 0 Å². The summed E-state index contributed by atoms with van der Waals surface area (Å²) < 4.78 is 30.1. The monoisotopic (exact) mass is 200 g/mol. The van der Waals surface area contributed by atoms with Crippen LogP contribution < -0.4 is 0 Å². The Balaban J connectivity index is 2.90. The van der Waals surface area contributed by atoms with Gasteiger partial charge in [0, 0.05) is 6.07 Å². The molecule has 0 aliphatic rings. The van der Waals surface area contributed by atoms with E-state index in [1.807, 2.05) is 0 Å². The van der Waals surface area contributed by atoms with E-state index in [1.54, 1.807) is 13.8 Å². The van der Waals surface area contributed by atoms with Gasteiger partial charge in [0.2, 0.25) is 0 Å². The molecule has 0 aliphatic carbocycles. The maximum Gasteiger partial charge on any atom is 0.338 e. The smallest absolute Gasteiger partial charge is 0.338 e. The molecule has 0 atom stereocenters. The minimum Gasteiger partial charge on any atom is -0.459 e. The molecule has 0 unspecified atom stereocenters. The Kier molecular flexibility index (Phi) is 3.17. The lowest BCUT2D eigenvalue weighted by Gasteiger charge is -2.07. The number of hydrogen-bond acceptors (Lipinski definition) is 2. The van der Waals surface area contributed by atoms with E-state index < -0.39 is 17.6 Å². The molecular formula is C10H10F2O2. The predicted octanol–water partition coefficient (Wildman–Crippen LogP) is 2.53. The van der Waals surface area contributed by atoms with Gasteiger partial charge < -0.3 is 4.74 Å². The van der Waals surface area contributed by atoms with E-state index in [9.17, 15) is 13.6 Å². The van der Waals surface area contributed by atoms with E-state index >= 15 is 0 Å². The van der Waals surface area contributed by atoms with Crippen molar-refractivity contribution in [1.82, 2.24) is 0 Å². The predicted molar refractivity (Wildman–Crippen MR) is 46.9 cm³/mol. The molecule has 76 valence electrons. The van der Waals surface area contributed by atoms with E-state index in [4.69, 9.17) is 4.74 Å². The first-order valence-corrected chi connectivity index (χ1v) is 4.16. The lowest BCUT2D eigenvalue weighted by molar-refractivity contribution is 0.0376. The summed E-state index contributed by atoms with van der Waals surface area (Å²) in [5, 5.41) is 0. The minimum absolute atomic E-state index is 0.115. The molecule has 0 saturated carbocycles. The Hall–Kier alpha value is -1.45. The summed E-state index contributed by atoms with van der Waals surface area (Å²) in [7, 11) is 0. The van der Waals surface area contributed by atoms with Crippen molar-refractivity contribution in [2.45, 2.75) is 20.0 Å². The lowest BCUT2D eigenvalue weighted by Crippen LogP contribution is -2.12. The number of halogens is 2. The molecule has 4 heteroatoms. The molecule has 2 nitrogen and oxygen atoms in total. The first-order chi connectivity index (χ1) is 6.49. The quantitative estimate of drug-likeness (QED) is 0.685. The fraction of sp³-hybridized carbons (Fsp3) is 0.300. The first kappa shape index (κ1) is 10.6. The third-order valence-electron chi connectivity index (χ3n) is 1.44. The van der Waals surface area contributed by atoms with Crippen molar-refractivity contribution < 1.29 is 18.3 Å². The topological polar surface area (TPSA) is 26.3 Å². The molecule has 0 saturated heterocycles. The second-order valence-corrected chi connectivity index (χ2v) is 3.11. The number of carbonyl (C=O) groups excluding carboxylic acids is 1. The molecular weight excluding hydrogens is 190 g/mol. The van der Waals surface area contributed by atoms with Crippen molar-refractivity contribution in [2.75, 3.05) is 0 Å². The van der Waals surface area contributed by atoms with Crippen LogP contribution in [0.3, 0.4) is 0 Å². The lowest BCUT2D eigenvalue weighted by atomic mass is 10.2. The van der Waals surface area contributed by atoms with Gasteiger partial charge in [0.05, 0.1) is 11.7 Å². The molecule has 0 aliphatic heterocycles. The van der Waals surface area contributed by atoms with Gasteiger partial charge in [-0.1, -0.05) is 0 Å². The van der Waals surface area contributed by atoms with Crippen LogP contribution in [0.4, 0.5) is 8.78 Å². The normalized spacial score (nSPS) is 10.4. The molecule has 0 fully saturated rings. The van der Waals surface area contributed by atoms with Crippen molar-refractivity contribution in [3.8, 4) is 0 Å². The van der Waals surface area contributed by atoms with Crippen LogP contribution in [0.2, 0.25) is 0 Å². The van der Waals surface area contributed by atoms with Crippen LogP contribution in [0, 0.1) is 11.6 Å². The first-order valence-electron chi connectivity index (χ1n) is 4.16. The van der Waals surface area contributed by atoms with Crippen LogP contribution in [-0.2, 0) is 4.74 Å². The van der Waals surface area contributed by atoms with Crippen molar-refractivity contribution in [2.24, 2.45) is 0 Å². The molecule has 0 amide bonds. The Morgan fingerprint density at radius 1 is 1.21 bits per heavy atom. The van der Waals surface area contributed by atoms with E-state index in [2.05, 4.69) is 0 Å². The summed E-state index contributed by atoms with van der Waals surface area (Å²) in [4.78, 5) is 11.2. The van der Waals surface area contributed by atoms with Gasteiger partial charge in [0.1, 0.15) is 11.6 Å². The van der Waals surface area contributed by atoms with E-state index in [1.165, 1.54) is 0 Å². The summed E-state index contributed by atoms with van der Waals surface area (Å²) in [6, 6.07) is 2.58. The molecule has 1 aromatic carbocycles. The van der Waals surface area contributed by atoms with Gasteiger partial charge in [-0.15, -0.1) is 0 Å². The summed E-state index contributed by atoms with van der Waals surface area (Å²) in [6.45, 7) is 3.32. The zero-order valence-electron chi connectivity index (χ0n) is 7.88. The molecule has 1 aromatic rings. The minimum atomic E-state index is -0.791. The average molecular weight is 200 g/mol. The second kappa shape index (κ2) is 4.17. The molecule has 0 heterocycles. The summed E-state index contributed by atoms with van der Waals surface area (Å²) in [6.07, 6.45) is -0.311. The Bertz CT molecular complexity index is 328. The molecule has 0 radical (unpaired) electrons. The number of esters is 1. The number of carbonyl (C=O) groups is 1. The highest BCUT2D eigenvalue weighted by Gasteiger charge is 2.11. The van der Waals surface area contributed by atoms with Gasteiger partial charge in [0.15, 0.2) is 0 Å². The molecule has 0 bridgehead atoms. The van der Waals surface area contributed by atoms with Crippen LogP contribution >= 0.6 is 0 Å². The van der Waals surface area contributed by atoms with Crippen LogP contribution in [0.25, 0.3) is 0 Å². The van der Waals surface area contributed by atoms with Crippen LogP contribution in [0.5, 0.6) is 0 Å². The summed E-state index contributed by atoms with van der Waals surface area (Å²) >= 11 is 0. The van der Waals surface area contributed by atoms with E-state index in [0.29, 0.717) is 6.07 Å². The van der Waals surface area contributed by atoms with Crippen molar-refractivity contribution >= 4 is 5.97 Å². The Morgan fingerprint density at radius 3 is 2.14 bits per heavy atom. The average Bonchev–Trinajstić information content (AvgIpc) is 2.00. The van der Waals surface area contributed by atoms with Gasteiger partial charge in [-0.25, -0.2) is 13.6 Å². The van der Waals surface area contributed by atoms with Gasteiger partial charge in [-0.2, -0.15) is 0 Å². The maximum atomic E-state index is 12.7. The molecule has 0 N–H and O–H groups in total. The zero-order chi connectivity index (χ0) is 10.7. The van der Waals surface area contributed by atoms with Crippen molar-refractivity contribution in [3.63, 3.8) is 0 Å². The van der Waals surface area contributed by atoms with E-state index in [0.717, 1.165) is 12.1 Å². The fourth-order valence-electron chi connectivity index (χ4n) is 0.954. The summed E-state index contributed by atoms with van der Waals surface area (Å²) in [5.74, 6) is -2.31. The third-order valence-corrected chi connectivity index (χ3v) is 1.44.